The number of hydrogen-bond acceptors (Lipinski definition) is 6. The second-order valence-corrected chi connectivity index (χ2v) is 6.38. The van der Waals surface area contributed by atoms with E-state index in [4.69, 9.17) is 14.2 Å². The molecule has 0 aliphatic carbocycles. The van der Waals surface area contributed by atoms with Crippen LogP contribution in [0.5, 0.6) is 11.5 Å². The van der Waals surface area contributed by atoms with E-state index < -0.39 is 5.97 Å². The van der Waals surface area contributed by atoms with Crippen LogP contribution in [0.4, 0.5) is 11.4 Å². The Hall–Kier alpha value is -3.28. The molecule has 0 amide bonds. The number of hydrogen-bond donors (Lipinski definition) is 1. The lowest BCUT2D eigenvalue weighted by atomic mass is 10.1. The molecule has 6 heteroatoms. The summed E-state index contributed by atoms with van der Waals surface area (Å²) in [4.78, 5) is 16.9. The lowest BCUT2D eigenvalue weighted by Gasteiger charge is -2.15. The Morgan fingerprint density at radius 2 is 1.72 bits per heavy atom. The van der Waals surface area contributed by atoms with Gasteiger partial charge in [0.05, 0.1) is 31.0 Å². The largest absolute Gasteiger partial charge is 0.494 e. The Bertz CT molecular complexity index is 971. The van der Waals surface area contributed by atoms with Crippen molar-refractivity contribution in [2.24, 2.45) is 0 Å². The molecule has 0 saturated carbocycles. The van der Waals surface area contributed by atoms with Gasteiger partial charge in [0.25, 0.3) is 0 Å². The van der Waals surface area contributed by atoms with Gasteiger partial charge in [-0.25, -0.2) is 4.79 Å². The summed E-state index contributed by atoms with van der Waals surface area (Å²) in [5, 5.41) is 4.14. The molecule has 2 aromatic carbocycles. The number of anilines is 2. The first-order valence-electron chi connectivity index (χ1n) is 9.88. The molecule has 0 aliphatic heterocycles. The third-order valence-electron chi connectivity index (χ3n) is 4.24. The molecule has 152 valence electrons. The number of nitrogens with zero attached hydrogens (tertiary/aromatic N) is 1. The van der Waals surface area contributed by atoms with Crippen molar-refractivity contribution in [2.75, 3.05) is 25.1 Å². The fourth-order valence-electron chi connectivity index (χ4n) is 2.93. The summed E-state index contributed by atoms with van der Waals surface area (Å²) in [5.74, 6) is 1.10. The molecule has 1 aromatic heterocycles. The maximum atomic E-state index is 12.5. The average molecular weight is 394 g/mol. The van der Waals surface area contributed by atoms with Crippen LogP contribution < -0.4 is 14.8 Å². The molecule has 0 fully saturated rings. The molecule has 1 heterocycles. The molecule has 0 spiro atoms. The molecule has 0 radical (unpaired) electrons. The Kier molecular flexibility index (Phi) is 6.89. The number of fused-ring (bicyclic) bond motifs is 1. The lowest BCUT2D eigenvalue weighted by Crippen LogP contribution is -2.09. The third-order valence-corrected chi connectivity index (χ3v) is 4.24. The highest BCUT2D eigenvalue weighted by Crippen LogP contribution is 2.32. The molecule has 0 bridgehead atoms. The summed E-state index contributed by atoms with van der Waals surface area (Å²) in [6.07, 6.45) is 2.50. The Morgan fingerprint density at radius 1 is 0.966 bits per heavy atom. The molecule has 0 unspecified atom stereocenters. The Balaban J connectivity index is 2.02. The summed E-state index contributed by atoms with van der Waals surface area (Å²) in [6, 6.07) is 13.3. The van der Waals surface area contributed by atoms with E-state index in [1.165, 1.54) is 0 Å². The first-order chi connectivity index (χ1) is 14.2. The first kappa shape index (κ1) is 20.5. The first-order valence-corrected chi connectivity index (χ1v) is 9.88. The van der Waals surface area contributed by atoms with Gasteiger partial charge >= 0.3 is 5.97 Å². The summed E-state index contributed by atoms with van der Waals surface area (Å²) in [5.41, 5.74) is 2.59. The summed E-state index contributed by atoms with van der Waals surface area (Å²) in [7, 11) is 0. The highest BCUT2D eigenvalue weighted by molar-refractivity contribution is 6.06. The fraction of sp³-hybridized carbons (Fsp3) is 0.304. The van der Waals surface area contributed by atoms with Crippen LogP contribution in [0.3, 0.4) is 0 Å². The molecule has 0 atom stereocenters. The molecule has 0 saturated heterocycles. The minimum Gasteiger partial charge on any atom is -0.494 e. The quantitative estimate of drug-likeness (QED) is 0.494. The van der Waals surface area contributed by atoms with E-state index in [0.717, 1.165) is 28.8 Å². The molecule has 6 nitrogen and oxygen atoms in total. The van der Waals surface area contributed by atoms with Crippen LogP contribution in [0.15, 0.2) is 48.7 Å². The normalized spacial score (nSPS) is 10.6. The standard InChI is InChI=1S/C23H26N2O4/c1-4-13-29-17-9-7-16(8-10-17)25-22-19-14-18(27-5-2)11-12-21(19)24-15-20(22)23(26)28-6-3/h7-12,14-15H,4-6,13H2,1-3H3,(H,24,25). The number of rotatable bonds is 9. The zero-order valence-corrected chi connectivity index (χ0v) is 17.0. The summed E-state index contributed by atoms with van der Waals surface area (Å²) >= 11 is 0. The number of benzene rings is 2. The number of pyridine rings is 1. The number of esters is 1. The summed E-state index contributed by atoms with van der Waals surface area (Å²) in [6.45, 7) is 7.30. The maximum absolute atomic E-state index is 12.5. The molecular formula is C23H26N2O4. The smallest absolute Gasteiger partial charge is 0.341 e. The van der Waals surface area contributed by atoms with Gasteiger partial charge in [-0.3, -0.25) is 4.98 Å². The third kappa shape index (κ3) is 4.96. The van der Waals surface area contributed by atoms with E-state index >= 15 is 0 Å². The van der Waals surface area contributed by atoms with E-state index in [0.29, 0.717) is 36.8 Å². The van der Waals surface area contributed by atoms with Gasteiger partial charge in [0.15, 0.2) is 0 Å². The van der Waals surface area contributed by atoms with Crippen LogP contribution in [0, 0.1) is 0 Å². The predicted octanol–water partition coefficient (Wildman–Crippen LogP) is 5.34. The van der Waals surface area contributed by atoms with E-state index in [2.05, 4.69) is 17.2 Å². The van der Waals surface area contributed by atoms with Crippen LogP contribution >= 0.6 is 0 Å². The fourth-order valence-corrected chi connectivity index (χ4v) is 2.93. The van der Waals surface area contributed by atoms with Crippen molar-refractivity contribution in [1.29, 1.82) is 0 Å². The predicted molar refractivity (Wildman–Crippen MR) is 114 cm³/mol. The number of aromatic nitrogens is 1. The van der Waals surface area contributed by atoms with Gasteiger partial charge in [0.1, 0.15) is 17.1 Å². The van der Waals surface area contributed by atoms with Crippen LogP contribution in [-0.4, -0.2) is 30.8 Å². The monoisotopic (exact) mass is 394 g/mol. The zero-order valence-electron chi connectivity index (χ0n) is 17.0. The number of carbonyl (C=O) groups is 1. The minimum atomic E-state index is -0.422. The molecule has 1 N–H and O–H groups in total. The maximum Gasteiger partial charge on any atom is 0.341 e. The van der Waals surface area contributed by atoms with Crippen molar-refractivity contribution in [2.45, 2.75) is 27.2 Å². The van der Waals surface area contributed by atoms with E-state index in [9.17, 15) is 4.79 Å². The highest BCUT2D eigenvalue weighted by Gasteiger charge is 2.17. The SMILES string of the molecule is CCCOc1ccc(Nc2c(C(=O)OCC)cnc3ccc(OCC)cc23)cc1. The van der Waals surface area contributed by atoms with Gasteiger partial charge in [-0.05, 0) is 62.7 Å². The average Bonchev–Trinajstić information content (AvgIpc) is 2.74. The lowest BCUT2D eigenvalue weighted by molar-refractivity contribution is 0.0527. The molecule has 0 aliphatic rings. The van der Waals surface area contributed by atoms with Crippen molar-refractivity contribution in [3.8, 4) is 11.5 Å². The molecule has 3 rings (SSSR count). The van der Waals surface area contributed by atoms with Gasteiger partial charge in [0, 0.05) is 17.3 Å². The van der Waals surface area contributed by atoms with E-state index in [1.807, 2.05) is 49.4 Å². The van der Waals surface area contributed by atoms with Crippen molar-refractivity contribution in [3.05, 3.63) is 54.2 Å². The van der Waals surface area contributed by atoms with Crippen LogP contribution in [-0.2, 0) is 4.74 Å². The van der Waals surface area contributed by atoms with Gasteiger partial charge in [0.2, 0.25) is 0 Å². The highest BCUT2D eigenvalue weighted by atomic mass is 16.5. The van der Waals surface area contributed by atoms with Crippen molar-refractivity contribution >= 4 is 28.2 Å². The van der Waals surface area contributed by atoms with Gasteiger partial charge in [-0.2, -0.15) is 0 Å². The number of carbonyl (C=O) groups excluding carboxylic acids is 1. The summed E-state index contributed by atoms with van der Waals surface area (Å²) < 4.78 is 16.5. The van der Waals surface area contributed by atoms with Crippen molar-refractivity contribution in [1.82, 2.24) is 4.98 Å². The van der Waals surface area contributed by atoms with Crippen LogP contribution in [0.25, 0.3) is 10.9 Å². The van der Waals surface area contributed by atoms with Gasteiger partial charge < -0.3 is 19.5 Å². The molecule has 29 heavy (non-hydrogen) atoms. The zero-order chi connectivity index (χ0) is 20.6. The van der Waals surface area contributed by atoms with Crippen molar-refractivity contribution in [3.63, 3.8) is 0 Å². The van der Waals surface area contributed by atoms with E-state index in [-0.39, 0.29) is 0 Å². The van der Waals surface area contributed by atoms with Gasteiger partial charge in [-0.15, -0.1) is 0 Å². The Labute approximate surface area is 170 Å². The van der Waals surface area contributed by atoms with Crippen LogP contribution in [0.2, 0.25) is 0 Å². The second kappa shape index (κ2) is 9.78. The number of ether oxygens (including phenoxy) is 3. The number of nitrogens with one attached hydrogen (secondary N) is 1. The Morgan fingerprint density at radius 3 is 2.41 bits per heavy atom. The molecular weight excluding hydrogens is 368 g/mol. The van der Waals surface area contributed by atoms with Crippen molar-refractivity contribution < 1.29 is 19.0 Å². The van der Waals surface area contributed by atoms with E-state index in [1.54, 1.807) is 13.1 Å². The topological polar surface area (TPSA) is 69.7 Å². The second-order valence-electron chi connectivity index (χ2n) is 6.38. The van der Waals surface area contributed by atoms with Gasteiger partial charge in [-0.1, -0.05) is 6.92 Å². The van der Waals surface area contributed by atoms with Crippen LogP contribution in [0.1, 0.15) is 37.6 Å². The molecule has 3 aromatic rings. The minimum absolute atomic E-state index is 0.290.